The summed E-state index contributed by atoms with van der Waals surface area (Å²) in [5.74, 6) is 0.780. The molecule has 0 aromatic heterocycles. The van der Waals surface area contributed by atoms with Gasteiger partial charge in [0.05, 0.1) is 5.41 Å². The molecule has 0 heterocycles. The summed E-state index contributed by atoms with van der Waals surface area (Å²) in [6, 6.07) is 82.9. The molecule has 0 heteroatoms. The third-order valence-corrected chi connectivity index (χ3v) is 15.2. The fraction of sp³-hybridized carbons (Fsp3) is 0.111. The van der Waals surface area contributed by atoms with Crippen molar-refractivity contribution in [1.29, 1.82) is 0 Å². The fourth-order valence-corrected chi connectivity index (χ4v) is 12.3. The minimum atomic E-state index is -0.430. The lowest BCUT2D eigenvalue weighted by atomic mass is 9.67. The minimum absolute atomic E-state index is 0.171. The van der Waals surface area contributed by atoms with Crippen molar-refractivity contribution in [1.82, 2.24) is 0 Å². The maximum atomic E-state index is 2.51. The summed E-state index contributed by atoms with van der Waals surface area (Å²) in [6.45, 7) is 4.87. The second kappa shape index (κ2) is 13.6. The third kappa shape index (κ3) is 5.22. The lowest BCUT2D eigenvalue weighted by molar-refractivity contribution is 0.657. The quantitative estimate of drug-likeness (QED) is 0.147. The molecule has 2 atom stereocenters. The Hall–Kier alpha value is -7.28. The number of rotatable bonds is 6. The molecular weight excluding hydrogens is 757 g/mol. The van der Waals surface area contributed by atoms with Crippen molar-refractivity contribution in [3.8, 4) is 33.4 Å². The van der Waals surface area contributed by atoms with E-state index in [0.717, 1.165) is 6.42 Å². The summed E-state index contributed by atoms with van der Waals surface area (Å²) in [6.07, 6.45) is 1.07. The molecule has 0 fully saturated rings. The van der Waals surface area contributed by atoms with Gasteiger partial charge in [0.1, 0.15) is 0 Å². The van der Waals surface area contributed by atoms with Crippen LogP contribution in [-0.2, 0) is 17.3 Å². The molecule has 2 unspecified atom stereocenters. The Bertz CT molecular complexity index is 3390. The Balaban J connectivity index is 0.897. The van der Waals surface area contributed by atoms with E-state index in [1.54, 1.807) is 0 Å². The molecule has 3 aliphatic rings. The maximum Gasteiger partial charge on any atom is 0.0713 e. The average Bonchev–Trinajstić information content (AvgIpc) is 3.96. The molecule has 298 valence electrons. The van der Waals surface area contributed by atoms with Crippen LogP contribution in [0.1, 0.15) is 81.3 Å². The summed E-state index contributed by atoms with van der Waals surface area (Å²) in [4.78, 5) is 0. The van der Waals surface area contributed by atoms with Crippen molar-refractivity contribution in [2.24, 2.45) is 0 Å². The van der Waals surface area contributed by atoms with Crippen molar-refractivity contribution < 1.29 is 0 Å². The lowest BCUT2D eigenvalue weighted by Crippen LogP contribution is -2.28. The predicted molar refractivity (Wildman–Crippen MR) is 263 cm³/mol. The highest BCUT2D eigenvalue weighted by molar-refractivity contribution is 6.16. The molecule has 0 radical (unpaired) electrons. The molecule has 0 saturated carbocycles. The molecule has 0 amide bonds. The summed E-state index contributed by atoms with van der Waals surface area (Å²) in [5.41, 5.74) is 21.0. The number of benzene rings is 10. The van der Waals surface area contributed by atoms with E-state index in [-0.39, 0.29) is 5.41 Å². The highest BCUT2D eigenvalue weighted by Gasteiger charge is 2.46. The Labute approximate surface area is 370 Å². The van der Waals surface area contributed by atoms with Gasteiger partial charge in [-0.05, 0) is 153 Å². The second-order valence-electron chi connectivity index (χ2n) is 18.7. The van der Waals surface area contributed by atoms with E-state index < -0.39 is 5.41 Å². The highest BCUT2D eigenvalue weighted by atomic mass is 14.5. The van der Waals surface area contributed by atoms with Gasteiger partial charge in [0, 0.05) is 11.3 Å². The summed E-state index contributed by atoms with van der Waals surface area (Å²) < 4.78 is 0. The van der Waals surface area contributed by atoms with Gasteiger partial charge in [0.15, 0.2) is 0 Å². The van der Waals surface area contributed by atoms with Crippen LogP contribution in [-0.4, -0.2) is 0 Å². The van der Waals surface area contributed by atoms with Crippen molar-refractivity contribution in [3.05, 3.63) is 274 Å². The largest absolute Gasteiger partial charge is 0.0713 e. The first-order chi connectivity index (χ1) is 31.0. The molecule has 3 aliphatic carbocycles. The van der Waals surface area contributed by atoms with E-state index >= 15 is 0 Å². The van der Waals surface area contributed by atoms with Gasteiger partial charge in [-0.25, -0.2) is 0 Å². The molecule has 0 N–H and O–H groups in total. The molecule has 0 bridgehead atoms. The molecule has 0 aliphatic heterocycles. The minimum Gasteiger partial charge on any atom is -0.0622 e. The second-order valence-corrected chi connectivity index (χ2v) is 18.7. The zero-order valence-corrected chi connectivity index (χ0v) is 35.6. The van der Waals surface area contributed by atoms with Gasteiger partial charge in [-0.2, -0.15) is 0 Å². The standard InChI is InChI=1S/C63H46/c1-62(2)57-38-47(40-26-28-41(29-27-40)54-36-44-18-12-13-23-51(44)59(54)42-16-6-3-7-17-42)34-45-30-31-46-35-48(39-58(62)61(46)60(45)57)43-32-33-53-52-24-14-15-25-55(52)63(56(53)37-43,49-19-8-4-9-20-49)50-21-10-5-11-22-50/h3-35,37-39,54,59H,36H2,1-2H3. The van der Waals surface area contributed by atoms with Gasteiger partial charge < -0.3 is 0 Å². The zero-order valence-electron chi connectivity index (χ0n) is 35.6. The zero-order chi connectivity index (χ0) is 41.9. The van der Waals surface area contributed by atoms with Gasteiger partial charge in [0.2, 0.25) is 0 Å². The Kier molecular flexibility index (Phi) is 7.86. The van der Waals surface area contributed by atoms with Crippen LogP contribution >= 0.6 is 0 Å². The number of hydrogen-bond donors (Lipinski definition) is 0. The predicted octanol–water partition coefficient (Wildman–Crippen LogP) is 15.8. The molecule has 0 spiro atoms. The highest BCUT2D eigenvalue weighted by Crippen LogP contribution is 2.58. The first-order valence-electron chi connectivity index (χ1n) is 22.6. The van der Waals surface area contributed by atoms with Crippen LogP contribution in [0.4, 0.5) is 0 Å². The van der Waals surface area contributed by atoms with Crippen LogP contribution in [0, 0.1) is 0 Å². The fourth-order valence-electron chi connectivity index (χ4n) is 12.3. The van der Waals surface area contributed by atoms with Gasteiger partial charge >= 0.3 is 0 Å². The van der Waals surface area contributed by atoms with E-state index in [1.165, 1.54) is 111 Å². The molecule has 13 rings (SSSR count). The summed E-state index contributed by atoms with van der Waals surface area (Å²) in [5, 5.41) is 5.44. The summed E-state index contributed by atoms with van der Waals surface area (Å²) in [7, 11) is 0. The molecule has 10 aromatic carbocycles. The van der Waals surface area contributed by atoms with Crippen LogP contribution in [0.3, 0.4) is 0 Å². The smallest absolute Gasteiger partial charge is 0.0622 e. The van der Waals surface area contributed by atoms with Crippen LogP contribution in [0.5, 0.6) is 0 Å². The Morgan fingerprint density at radius 1 is 0.381 bits per heavy atom. The lowest BCUT2D eigenvalue weighted by Gasteiger charge is -2.34. The maximum absolute atomic E-state index is 2.51. The normalized spacial score (nSPS) is 17.2. The van der Waals surface area contributed by atoms with E-state index in [9.17, 15) is 0 Å². The van der Waals surface area contributed by atoms with Crippen molar-refractivity contribution in [2.75, 3.05) is 0 Å². The van der Waals surface area contributed by atoms with Gasteiger partial charge in [-0.15, -0.1) is 0 Å². The number of hydrogen-bond acceptors (Lipinski definition) is 0. The Morgan fingerprint density at radius 3 is 1.57 bits per heavy atom. The molecule has 10 aromatic rings. The topological polar surface area (TPSA) is 0 Å². The summed E-state index contributed by atoms with van der Waals surface area (Å²) >= 11 is 0. The van der Waals surface area contributed by atoms with Crippen molar-refractivity contribution in [3.63, 3.8) is 0 Å². The van der Waals surface area contributed by atoms with Crippen LogP contribution < -0.4 is 0 Å². The molecular formula is C63H46. The molecule has 0 nitrogen and oxygen atoms in total. The van der Waals surface area contributed by atoms with Crippen LogP contribution in [0.25, 0.3) is 54.9 Å². The first kappa shape index (κ1) is 36.4. The monoisotopic (exact) mass is 802 g/mol. The van der Waals surface area contributed by atoms with Crippen molar-refractivity contribution >= 4 is 21.5 Å². The average molecular weight is 803 g/mol. The molecule has 63 heavy (non-hydrogen) atoms. The van der Waals surface area contributed by atoms with E-state index in [0.29, 0.717) is 11.8 Å². The van der Waals surface area contributed by atoms with Crippen molar-refractivity contribution in [2.45, 2.75) is 42.9 Å². The first-order valence-corrected chi connectivity index (χ1v) is 22.6. The number of fused-ring (bicyclic) bond motifs is 4. The SMILES string of the molecule is CC1(C)c2cc(-c3ccc(C4Cc5ccccc5C4c4ccccc4)cc3)cc3ccc4cc(-c5ccc6c(c5)C(c5ccccc5)(c5ccccc5)c5ccccc5-6)cc1c4c23. The Morgan fingerprint density at radius 2 is 0.905 bits per heavy atom. The van der Waals surface area contributed by atoms with Crippen LogP contribution in [0.15, 0.2) is 218 Å². The van der Waals surface area contributed by atoms with E-state index in [1.807, 2.05) is 0 Å². The van der Waals surface area contributed by atoms with E-state index in [4.69, 9.17) is 0 Å². The van der Waals surface area contributed by atoms with Gasteiger partial charge in [-0.1, -0.05) is 202 Å². The van der Waals surface area contributed by atoms with E-state index in [2.05, 4.69) is 232 Å². The van der Waals surface area contributed by atoms with Crippen LogP contribution in [0.2, 0.25) is 0 Å². The third-order valence-electron chi connectivity index (χ3n) is 15.2. The molecule has 0 saturated heterocycles. The van der Waals surface area contributed by atoms with Gasteiger partial charge in [0.25, 0.3) is 0 Å². The van der Waals surface area contributed by atoms with Gasteiger partial charge in [-0.3, -0.25) is 0 Å².